The molecule has 29 heavy (non-hydrogen) atoms. The molecule has 0 radical (unpaired) electrons. The summed E-state index contributed by atoms with van der Waals surface area (Å²) < 4.78 is 28.8. The molecule has 0 aliphatic carbocycles. The van der Waals surface area contributed by atoms with Crippen LogP contribution in [0.2, 0.25) is 5.02 Å². The number of benzene rings is 2. The van der Waals surface area contributed by atoms with E-state index in [0.717, 1.165) is 23.8 Å². The number of hydrogen-bond donors (Lipinski definition) is 1. The van der Waals surface area contributed by atoms with Crippen LogP contribution in [0.3, 0.4) is 0 Å². The normalized spacial score (nSPS) is 11.5. The van der Waals surface area contributed by atoms with E-state index in [1.807, 2.05) is 31.0 Å². The summed E-state index contributed by atoms with van der Waals surface area (Å²) in [7, 11) is -1.24. The first kappa shape index (κ1) is 25.5. The average molecular weight is 552 g/mol. The Morgan fingerprint density at radius 3 is 2.31 bits per heavy atom. The summed E-state index contributed by atoms with van der Waals surface area (Å²) in [6, 6.07) is 14.0. The molecular formula is C20H27ClIN3O3S. The van der Waals surface area contributed by atoms with E-state index in [9.17, 15) is 8.42 Å². The van der Waals surface area contributed by atoms with Gasteiger partial charge in [0.1, 0.15) is 12.4 Å². The summed E-state index contributed by atoms with van der Waals surface area (Å²) in [4.78, 5) is 6.92. The second-order valence-corrected chi connectivity index (χ2v) is 8.76. The number of nitrogens with one attached hydrogen (secondary N) is 1. The first-order chi connectivity index (χ1) is 13.3. The van der Waals surface area contributed by atoms with Crippen molar-refractivity contribution >= 4 is 51.4 Å². The van der Waals surface area contributed by atoms with E-state index in [2.05, 4.69) is 10.3 Å². The monoisotopic (exact) mass is 551 g/mol. The Morgan fingerprint density at radius 2 is 1.76 bits per heavy atom. The Balaban J connectivity index is 0.00000420. The van der Waals surface area contributed by atoms with Crippen molar-refractivity contribution in [3.05, 3.63) is 59.1 Å². The van der Waals surface area contributed by atoms with Crippen LogP contribution < -0.4 is 10.1 Å². The third-order valence-corrected chi connectivity index (χ3v) is 5.35. The van der Waals surface area contributed by atoms with E-state index in [1.165, 1.54) is 6.26 Å². The zero-order chi connectivity index (χ0) is 20.6. The molecule has 0 aliphatic rings. The lowest BCUT2D eigenvalue weighted by atomic mass is 10.2. The van der Waals surface area contributed by atoms with Gasteiger partial charge in [0.05, 0.1) is 18.0 Å². The van der Waals surface area contributed by atoms with Crippen molar-refractivity contribution in [2.75, 3.05) is 33.0 Å². The summed E-state index contributed by atoms with van der Waals surface area (Å²) in [5.74, 6) is 1.53. The number of ether oxygens (including phenoxy) is 1. The minimum absolute atomic E-state index is 0. The van der Waals surface area contributed by atoms with Crippen LogP contribution >= 0.6 is 35.6 Å². The third-order valence-electron chi connectivity index (χ3n) is 3.97. The van der Waals surface area contributed by atoms with Crippen molar-refractivity contribution in [3.63, 3.8) is 0 Å². The van der Waals surface area contributed by atoms with Gasteiger partial charge < -0.3 is 15.0 Å². The molecular weight excluding hydrogens is 525 g/mol. The Morgan fingerprint density at radius 1 is 1.14 bits per heavy atom. The van der Waals surface area contributed by atoms with E-state index < -0.39 is 9.84 Å². The van der Waals surface area contributed by atoms with Crippen LogP contribution in [0.4, 0.5) is 0 Å². The molecule has 2 aromatic rings. The first-order valence-electron chi connectivity index (χ1n) is 8.96. The lowest BCUT2D eigenvalue weighted by molar-refractivity contribution is 0.281. The van der Waals surface area contributed by atoms with Crippen LogP contribution in [0, 0.1) is 0 Å². The lowest BCUT2D eigenvalue weighted by Crippen LogP contribution is -2.40. The molecule has 0 spiro atoms. The summed E-state index contributed by atoms with van der Waals surface area (Å²) in [5, 5.41) is 3.93. The predicted molar refractivity (Wildman–Crippen MR) is 129 cm³/mol. The van der Waals surface area contributed by atoms with E-state index >= 15 is 0 Å². The van der Waals surface area contributed by atoms with Crippen LogP contribution in [-0.4, -0.2) is 52.3 Å². The molecule has 0 saturated carbocycles. The molecule has 9 heteroatoms. The summed E-state index contributed by atoms with van der Waals surface area (Å²) >= 11 is 5.87. The topological polar surface area (TPSA) is 71.0 Å². The van der Waals surface area contributed by atoms with Gasteiger partial charge in [0.25, 0.3) is 0 Å². The minimum atomic E-state index is -3.19. The highest BCUT2D eigenvalue weighted by Crippen LogP contribution is 2.15. The van der Waals surface area contributed by atoms with Gasteiger partial charge in [-0.3, -0.25) is 0 Å². The van der Waals surface area contributed by atoms with Gasteiger partial charge >= 0.3 is 0 Å². The molecule has 0 amide bonds. The zero-order valence-corrected chi connectivity index (χ0v) is 20.7. The molecule has 0 aromatic heterocycles. The van der Waals surface area contributed by atoms with Gasteiger partial charge in [-0.1, -0.05) is 23.7 Å². The van der Waals surface area contributed by atoms with Gasteiger partial charge in [-0.15, -0.1) is 24.0 Å². The predicted octanol–water partition coefficient (Wildman–Crippen LogP) is 3.84. The number of halogens is 2. The number of nitrogens with zero attached hydrogens (tertiary/aromatic N) is 2. The van der Waals surface area contributed by atoms with Gasteiger partial charge in [-0.05, 0) is 48.9 Å². The largest absolute Gasteiger partial charge is 0.492 e. The summed E-state index contributed by atoms with van der Waals surface area (Å²) in [6.45, 7) is 4.37. The van der Waals surface area contributed by atoms with Crippen LogP contribution in [0.1, 0.15) is 12.5 Å². The maximum atomic E-state index is 11.5. The second kappa shape index (κ2) is 12.2. The van der Waals surface area contributed by atoms with Crippen LogP contribution in [0.5, 0.6) is 5.75 Å². The number of likely N-dealkylation sites (N-methyl/N-ethyl adjacent to an activating group) is 1. The highest BCUT2D eigenvalue weighted by molar-refractivity contribution is 14.0. The number of aliphatic imine (C=N–C) groups is 1. The SMILES string of the molecule is CCNC(=NCc1ccc(S(C)(=O)=O)cc1)N(C)CCOc1ccc(Cl)cc1.I. The Labute approximate surface area is 195 Å². The quantitative estimate of drug-likeness (QED) is 0.307. The standard InChI is InChI=1S/C20H26ClN3O3S.HI/c1-4-22-20(23-15-16-5-11-19(12-6-16)28(3,25)26)24(2)13-14-27-18-9-7-17(21)8-10-18;/h5-12H,4,13-15H2,1-3H3,(H,22,23);1H. The fraction of sp³-hybridized carbons (Fsp3) is 0.350. The fourth-order valence-electron chi connectivity index (χ4n) is 2.42. The maximum Gasteiger partial charge on any atom is 0.194 e. The molecule has 160 valence electrons. The van der Waals surface area contributed by atoms with E-state index in [-0.39, 0.29) is 24.0 Å². The molecule has 2 rings (SSSR count). The molecule has 0 bridgehead atoms. The molecule has 0 saturated heterocycles. The molecule has 0 atom stereocenters. The summed E-state index contributed by atoms with van der Waals surface area (Å²) in [6.07, 6.45) is 1.20. The number of rotatable bonds is 8. The Hall–Kier alpha value is -1.52. The smallest absolute Gasteiger partial charge is 0.194 e. The molecule has 6 nitrogen and oxygen atoms in total. The van der Waals surface area contributed by atoms with Crippen molar-refractivity contribution in [2.24, 2.45) is 4.99 Å². The van der Waals surface area contributed by atoms with Crippen LogP contribution in [0.15, 0.2) is 58.4 Å². The van der Waals surface area contributed by atoms with Crippen molar-refractivity contribution in [1.82, 2.24) is 10.2 Å². The highest BCUT2D eigenvalue weighted by Gasteiger charge is 2.08. The van der Waals surface area contributed by atoms with Crippen LogP contribution in [0.25, 0.3) is 0 Å². The van der Waals surface area contributed by atoms with Gasteiger partial charge in [0.2, 0.25) is 0 Å². The average Bonchev–Trinajstić information content (AvgIpc) is 2.66. The Bertz CT molecular complexity index is 888. The van der Waals surface area contributed by atoms with E-state index in [1.54, 1.807) is 36.4 Å². The van der Waals surface area contributed by atoms with Crippen molar-refractivity contribution in [1.29, 1.82) is 0 Å². The second-order valence-electron chi connectivity index (χ2n) is 6.31. The molecule has 0 fully saturated rings. The lowest BCUT2D eigenvalue weighted by Gasteiger charge is -2.22. The number of guanidine groups is 1. The molecule has 0 unspecified atom stereocenters. The minimum Gasteiger partial charge on any atom is -0.492 e. The maximum absolute atomic E-state index is 11.5. The van der Waals surface area contributed by atoms with Gasteiger partial charge in [-0.2, -0.15) is 0 Å². The third kappa shape index (κ3) is 8.79. The van der Waals surface area contributed by atoms with E-state index in [4.69, 9.17) is 16.3 Å². The number of hydrogen-bond acceptors (Lipinski definition) is 4. The molecule has 1 N–H and O–H groups in total. The van der Waals surface area contributed by atoms with Crippen LogP contribution in [-0.2, 0) is 16.4 Å². The highest BCUT2D eigenvalue weighted by atomic mass is 127. The van der Waals surface area contributed by atoms with E-state index in [0.29, 0.717) is 29.6 Å². The van der Waals surface area contributed by atoms with Gasteiger partial charge in [-0.25, -0.2) is 13.4 Å². The van der Waals surface area contributed by atoms with Crippen molar-refractivity contribution in [3.8, 4) is 5.75 Å². The summed E-state index contributed by atoms with van der Waals surface area (Å²) in [5.41, 5.74) is 0.939. The fourth-order valence-corrected chi connectivity index (χ4v) is 3.17. The molecule has 0 heterocycles. The Kier molecular flexibility index (Phi) is 10.8. The molecule has 2 aromatic carbocycles. The van der Waals surface area contributed by atoms with Crippen molar-refractivity contribution in [2.45, 2.75) is 18.4 Å². The van der Waals surface area contributed by atoms with Gasteiger partial charge in [0.15, 0.2) is 15.8 Å². The molecule has 0 aliphatic heterocycles. The number of sulfone groups is 1. The van der Waals surface area contributed by atoms with Gasteiger partial charge in [0, 0.05) is 24.9 Å². The van der Waals surface area contributed by atoms with Crippen molar-refractivity contribution < 1.29 is 13.2 Å². The first-order valence-corrected chi connectivity index (χ1v) is 11.2. The zero-order valence-electron chi connectivity index (χ0n) is 16.8.